The van der Waals surface area contributed by atoms with Crippen LogP contribution in [0.4, 0.5) is 0 Å². The van der Waals surface area contributed by atoms with Gasteiger partial charge in [0, 0.05) is 18.0 Å². The first kappa shape index (κ1) is 14.5. The van der Waals surface area contributed by atoms with Gasteiger partial charge >= 0.3 is 5.97 Å². The normalized spacial score (nSPS) is 20.3. The van der Waals surface area contributed by atoms with Gasteiger partial charge in [-0.1, -0.05) is 0 Å². The van der Waals surface area contributed by atoms with Gasteiger partial charge in [-0.05, 0) is 49.4 Å². The summed E-state index contributed by atoms with van der Waals surface area (Å²) >= 11 is 1.77. The molecular formula is C15H20N2O3S. The Labute approximate surface area is 128 Å². The van der Waals surface area contributed by atoms with Gasteiger partial charge in [0.2, 0.25) is 5.91 Å². The molecule has 0 bridgehead atoms. The van der Waals surface area contributed by atoms with Crippen molar-refractivity contribution in [2.75, 3.05) is 26.2 Å². The third kappa shape index (κ3) is 3.27. The summed E-state index contributed by atoms with van der Waals surface area (Å²) in [6, 6.07) is 2.11. The number of rotatable bonds is 3. The molecule has 5 nitrogen and oxygen atoms in total. The first-order chi connectivity index (χ1) is 10.1. The molecule has 6 heteroatoms. The van der Waals surface area contributed by atoms with Gasteiger partial charge < -0.3 is 10.0 Å². The van der Waals surface area contributed by atoms with Crippen LogP contribution in [0.1, 0.15) is 23.3 Å². The standard InChI is InChI=1S/C15H20N2O3S/c18-14(10-16-5-1-11(2-6-16)15(19)20)17-7-3-13-12(9-17)4-8-21-13/h4,8,11H,1-3,5-7,9-10H2,(H,19,20). The lowest BCUT2D eigenvalue weighted by molar-refractivity contribution is -0.143. The van der Waals surface area contributed by atoms with Crippen molar-refractivity contribution in [3.8, 4) is 0 Å². The number of piperidine rings is 1. The maximum absolute atomic E-state index is 12.4. The lowest BCUT2D eigenvalue weighted by Crippen LogP contribution is -2.45. The monoisotopic (exact) mass is 308 g/mol. The van der Waals surface area contributed by atoms with Gasteiger partial charge in [-0.2, -0.15) is 0 Å². The quantitative estimate of drug-likeness (QED) is 0.917. The molecule has 0 unspecified atom stereocenters. The summed E-state index contributed by atoms with van der Waals surface area (Å²) < 4.78 is 0. The van der Waals surface area contributed by atoms with Crippen molar-refractivity contribution in [2.24, 2.45) is 5.92 Å². The number of hydrogen-bond acceptors (Lipinski definition) is 4. The minimum Gasteiger partial charge on any atom is -0.481 e. The summed E-state index contributed by atoms with van der Waals surface area (Å²) in [4.78, 5) is 28.7. The van der Waals surface area contributed by atoms with Crippen LogP contribution in [0, 0.1) is 5.92 Å². The highest BCUT2D eigenvalue weighted by Gasteiger charge is 2.27. The van der Waals surface area contributed by atoms with Crippen LogP contribution >= 0.6 is 11.3 Å². The van der Waals surface area contributed by atoms with Crippen molar-refractivity contribution < 1.29 is 14.7 Å². The molecule has 1 aromatic rings. The predicted octanol–water partition coefficient (Wildman–Crippen LogP) is 1.43. The molecule has 0 aromatic carbocycles. The van der Waals surface area contributed by atoms with E-state index in [0.717, 1.165) is 19.5 Å². The molecule has 1 aromatic heterocycles. The van der Waals surface area contributed by atoms with Crippen LogP contribution in [0.2, 0.25) is 0 Å². The second kappa shape index (κ2) is 6.15. The Morgan fingerprint density at radius 1 is 1.29 bits per heavy atom. The van der Waals surface area contributed by atoms with E-state index in [2.05, 4.69) is 16.3 Å². The van der Waals surface area contributed by atoms with Gasteiger partial charge in [0.1, 0.15) is 0 Å². The Morgan fingerprint density at radius 2 is 2.05 bits per heavy atom. The van der Waals surface area contributed by atoms with E-state index in [0.29, 0.717) is 32.5 Å². The van der Waals surface area contributed by atoms with E-state index in [4.69, 9.17) is 5.11 Å². The number of carboxylic acids is 1. The third-order valence-corrected chi connectivity index (χ3v) is 5.48. The van der Waals surface area contributed by atoms with Crippen LogP contribution in [-0.4, -0.2) is 53.0 Å². The molecule has 2 aliphatic heterocycles. The molecule has 0 radical (unpaired) electrons. The SMILES string of the molecule is O=C(O)C1CCN(CC(=O)N2CCc3sccc3C2)CC1. The molecule has 0 saturated carbocycles. The van der Waals surface area contributed by atoms with Crippen molar-refractivity contribution in [2.45, 2.75) is 25.8 Å². The fourth-order valence-corrected chi connectivity index (χ4v) is 3.98. The van der Waals surface area contributed by atoms with Crippen molar-refractivity contribution in [3.63, 3.8) is 0 Å². The molecule has 3 rings (SSSR count). The molecule has 1 amide bonds. The van der Waals surface area contributed by atoms with E-state index in [-0.39, 0.29) is 11.8 Å². The molecule has 0 spiro atoms. The Hall–Kier alpha value is -1.40. The van der Waals surface area contributed by atoms with Crippen LogP contribution < -0.4 is 0 Å². The van der Waals surface area contributed by atoms with Crippen molar-refractivity contribution in [1.82, 2.24) is 9.80 Å². The lowest BCUT2D eigenvalue weighted by Gasteiger charge is -2.33. The highest BCUT2D eigenvalue weighted by molar-refractivity contribution is 7.10. The molecule has 3 heterocycles. The number of thiophene rings is 1. The maximum atomic E-state index is 12.4. The summed E-state index contributed by atoms with van der Waals surface area (Å²) in [5.74, 6) is -0.776. The van der Waals surface area contributed by atoms with E-state index in [1.165, 1.54) is 10.4 Å². The average molecular weight is 308 g/mol. The van der Waals surface area contributed by atoms with E-state index in [9.17, 15) is 9.59 Å². The number of nitrogens with zero attached hydrogens (tertiary/aromatic N) is 2. The zero-order chi connectivity index (χ0) is 14.8. The fraction of sp³-hybridized carbons (Fsp3) is 0.600. The van der Waals surface area contributed by atoms with E-state index in [1.54, 1.807) is 11.3 Å². The largest absolute Gasteiger partial charge is 0.481 e. The van der Waals surface area contributed by atoms with Gasteiger partial charge in [0.05, 0.1) is 12.5 Å². The molecule has 1 fully saturated rings. The molecule has 21 heavy (non-hydrogen) atoms. The Morgan fingerprint density at radius 3 is 2.76 bits per heavy atom. The van der Waals surface area contributed by atoms with E-state index < -0.39 is 5.97 Å². The molecule has 0 atom stereocenters. The molecule has 1 saturated heterocycles. The second-order valence-electron chi connectivity index (χ2n) is 5.82. The molecular weight excluding hydrogens is 288 g/mol. The number of aliphatic carboxylic acids is 1. The Balaban J connectivity index is 1.50. The van der Waals surface area contributed by atoms with Crippen molar-refractivity contribution >= 4 is 23.2 Å². The molecule has 114 valence electrons. The summed E-state index contributed by atoms with van der Waals surface area (Å²) in [6.07, 6.45) is 2.26. The highest BCUT2D eigenvalue weighted by Crippen LogP contribution is 2.24. The first-order valence-electron chi connectivity index (χ1n) is 7.41. The van der Waals surface area contributed by atoms with Crippen LogP contribution in [0.5, 0.6) is 0 Å². The number of carbonyl (C=O) groups is 2. The van der Waals surface area contributed by atoms with Crippen LogP contribution in [0.25, 0.3) is 0 Å². The predicted molar refractivity (Wildman–Crippen MR) is 80.2 cm³/mol. The van der Waals surface area contributed by atoms with Gasteiger partial charge in [-0.3, -0.25) is 14.5 Å². The summed E-state index contributed by atoms with van der Waals surface area (Å²) in [5.41, 5.74) is 1.28. The van der Waals surface area contributed by atoms with E-state index >= 15 is 0 Å². The van der Waals surface area contributed by atoms with Gasteiger partial charge in [0.25, 0.3) is 0 Å². The number of hydrogen-bond donors (Lipinski definition) is 1. The molecule has 1 N–H and O–H groups in total. The maximum Gasteiger partial charge on any atom is 0.306 e. The highest BCUT2D eigenvalue weighted by atomic mass is 32.1. The topological polar surface area (TPSA) is 60.9 Å². The van der Waals surface area contributed by atoms with Gasteiger partial charge in [-0.25, -0.2) is 0 Å². The minimum absolute atomic E-state index is 0.167. The third-order valence-electron chi connectivity index (χ3n) is 4.46. The first-order valence-corrected chi connectivity index (χ1v) is 8.29. The number of fused-ring (bicyclic) bond motifs is 1. The number of carbonyl (C=O) groups excluding carboxylic acids is 1. The summed E-state index contributed by atoms with van der Waals surface area (Å²) in [6.45, 7) is 3.37. The van der Waals surface area contributed by atoms with Crippen molar-refractivity contribution in [3.05, 3.63) is 21.9 Å². The Bertz CT molecular complexity index is 535. The van der Waals surface area contributed by atoms with E-state index in [1.807, 2.05) is 4.90 Å². The van der Waals surface area contributed by atoms with Crippen molar-refractivity contribution in [1.29, 1.82) is 0 Å². The Kier molecular flexibility index (Phi) is 4.26. The summed E-state index contributed by atoms with van der Waals surface area (Å²) in [7, 11) is 0. The zero-order valence-corrected chi connectivity index (χ0v) is 12.8. The molecule has 0 aliphatic carbocycles. The van der Waals surface area contributed by atoms with Gasteiger partial charge in [-0.15, -0.1) is 11.3 Å². The fourth-order valence-electron chi connectivity index (χ4n) is 3.09. The average Bonchev–Trinajstić information content (AvgIpc) is 2.95. The van der Waals surface area contributed by atoms with Crippen LogP contribution in [0.15, 0.2) is 11.4 Å². The zero-order valence-electron chi connectivity index (χ0n) is 12.0. The second-order valence-corrected chi connectivity index (χ2v) is 6.82. The van der Waals surface area contributed by atoms with Crippen LogP contribution in [-0.2, 0) is 22.6 Å². The number of amides is 1. The number of carboxylic acid groups (broad SMARTS) is 1. The number of likely N-dealkylation sites (tertiary alicyclic amines) is 1. The molecule has 2 aliphatic rings. The smallest absolute Gasteiger partial charge is 0.306 e. The van der Waals surface area contributed by atoms with Gasteiger partial charge in [0.15, 0.2) is 0 Å². The summed E-state index contributed by atoms with van der Waals surface area (Å²) in [5, 5.41) is 11.1. The lowest BCUT2D eigenvalue weighted by atomic mass is 9.97. The van der Waals surface area contributed by atoms with Crippen LogP contribution in [0.3, 0.4) is 0 Å². The minimum atomic E-state index is -0.706.